The summed E-state index contributed by atoms with van der Waals surface area (Å²) in [5.74, 6) is -0.354. The minimum atomic E-state index is -0.792. The molecule has 10 heteroatoms. The Kier molecular flexibility index (Phi) is 7.78. The molecule has 1 aromatic heterocycles. The van der Waals surface area contributed by atoms with Gasteiger partial charge in [0.15, 0.2) is 0 Å². The van der Waals surface area contributed by atoms with Gasteiger partial charge < -0.3 is 25.3 Å². The second-order valence-electron chi connectivity index (χ2n) is 10.2. The topological polar surface area (TPSA) is 142 Å². The summed E-state index contributed by atoms with van der Waals surface area (Å²) in [6.45, 7) is 7.37. The molecule has 2 aliphatic rings. The van der Waals surface area contributed by atoms with Gasteiger partial charge in [0, 0.05) is 24.4 Å². The molecule has 0 aromatic carbocycles. The number of carbonyl (C=O) groups is 3. The van der Waals surface area contributed by atoms with Crippen LogP contribution in [-0.4, -0.2) is 46.4 Å². The molecule has 1 aliphatic carbocycles. The zero-order chi connectivity index (χ0) is 25.0. The van der Waals surface area contributed by atoms with Gasteiger partial charge in [0.1, 0.15) is 17.3 Å². The molecule has 0 bridgehead atoms. The molecule has 1 saturated heterocycles. The zero-order valence-corrected chi connectivity index (χ0v) is 20.3. The maximum atomic E-state index is 13.4. The summed E-state index contributed by atoms with van der Waals surface area (Å²) >= 11 is 0. The van der Waals surface area contributed by atoms with E-state index in [2.05, 4.69) is 16.0 Å². The number of nitrogens with one attached hydrogen (secondary N) is 4. The van der Waals surface area contributed by atoms with E-state index in [1.807, 2.05) is 0 Å². The average molecular weight is 474 g/mol. The van der Waals surface area contributed by atoms with Crippen molar-refractivity contribution in [2.75, 3.05) is 11.9 Å². The van der Waals surface area contributed by atoms with E-state index in [0.717, 1.165) is 12.8 Å². The highest BCUT2D eigenvalue weighted by atomic mass is 16.6. The van der Waals surface area contributed by atoms with Crippen LogP contribution in [0.3, 0.4) is 0 Å². The number of pyridine rings is 1. The summed E-state index contributed by atoms with van der Waals surface area (Å²) in [6.07, 6.45) is 4.26. The van der Waals surface area contributed by atoms with Crippen molar-refractivity contribution in [1.82, 2.24) is 15.2 Å². The fourth-order valence-electron chi connectivity index (χ4n) is 4.05. The van der Waals surface area contributed by atoms with Gasteiger partial charge in [-0.25, -0.2) is 4.79 Å². The van der Waals surface area contributed by atoms with Crippen molar-refractivity contribution in [2.45, 2.75) is 77.5 Å². The number of rotatable bonds is 9. The fraction of sp³-hybridized carbons (Fsp3) is 0.625. The number of ether oxygens (including phenoxy) is 1. The fourth-order valence-corrected chi connectivity index (χ4v) is 4.05. The van der Waals surface area contributed by atoms with Gasteiger partial charge in [-0.3, -0.25) is 19.7 Å². The Labute approximate surface area is 199 Å². The number of carbonyl (C=O) groups excluding carboxylic acids is 3. The van der Waals surface area contributed by atoms with Crippen LogP contribution in [0.15, 0.2) is 23.1 Å². The van der Waals surface area contributed by atoms with Gasteiger partial charge >= 0.3 is 6.09 Å². The maximum Gasteiger partial charge on any atom is 0.412 e. The summed E-state index contributed by atoms with van der Waals surface area (Å²) < 4.78 is 6.57. The molecule has 0 radical (unpaired) electrons. The number of amides is 3. The Hall–Kier alpha value is -3.17. The molecule has 0 unspecified atom stereocenters. The van der Waals surface area contributed by atoms with E-state index >= 15 is 0 Å². The lowest BCUT2D eigenvalue weighted by atomic mass is 9.95. The Morgan fingerprint density at radius 1 is 1.24 bits per heavy atom. The summed E-state index contributed by atoms with van der Waals surface area (Å²) in [6, 6.07) is 1.68. The van der Waals surface area contributed by atoms with E-state index in [1.54, 1.807) is 33.8 Å². The molecule has 10 nitrogen and oxygen atoms in total. The van der Waals surface area contributed by atoms with Gasteiger partial charge in [-0.15, -0.1) is 0 Å². The molecule has 2 heterocycles. The minimum absolute atomic E-state index is 0.0211. The maximum absolute atomic E-state index is 13.4. The third-order valence-electron chi connectivity index (χ3n) is 6.02. The number of hydrogen-bond acceptors (Lipinski definition) is 6. The molecule has 2 fully saturated rings. The Balaban J connectivity index is 1.80. The van der Waals surface area contributed by atoms with E-state index in [1.165, 1.54) is 16.8 Å². The highest BCUT2D eigenvalue weighted by molar-refractivity contribution is 5.91. The van der Waals surface area contributed by atoms with Crippen LogP contribution in [0.25, 0.3) is 0 Å². The number of hydrogen-bond donors (Lipinski definition) is 4. The van der Waals surface area contributed by atoms with Crippen molar-refractivity contribution in [3.8, 4) is 0 Å². The van der Waals surface area contributed by atoms with Crippen LogP contribution in [0.5, 0.6) is 0 Å². The van der Waals surface area contributed by atoms with Crippen LogP contribution in [0.1, 0.15) is 65.8 Å². The smallest absolute Gasteiger partial charge is 0.412 e. The van der Waals surface area contributed by atoms with Crippen LogP contribution in [-0.2, 0) is 14.3 Å². The van der Waals surface area contributed by atoms with Crippen LogP contribution < -0.4 is 21.5 Å². The van der Waals surface area contributed by atoms with Gasteiger partial charge in [0.05, 0.1) is 6.04 Å². The van der Waals surface area contributed by atoms with E-state index in [4.69, 9.17) is 10.1 Å². The summed E-state index contributed by atoms with van der Waals surface area (Å²) in [7, 11) is 0. The molecule has 3 rings (SSSR count). The Bertz CT molecular complexity index is 1010. The highest BCUT2D eigenvalue weighted by Crippen LogP contribution is 2.36. The molecule has 0 spiro atoms. The van der Waals surface area contributed by atoms with E-state index in [9.17, 15) is 19.2 Å². The van der Waals surface area contributed by atoms with Crippen LogP contribution in [0, 0.1) is 17.2 Å². The minimum Gasteiger partial charge on any atom is -0.444 e. The standard InChI is InChI=1S/C24H35N5O5/c1-14(25)18(13-16-9-10-26-20(16)30)27-21(31)19(12-15-7-8-15)29-11-5-6-17(22(29)32)28-23(33)34-24(2,3)4/h5-6,11,15-16,18-19,25H,7-10,12-13H2,1-4H3,(H,26,30)(H,27,31)(H,28,33)/t16-,18-,19-/m0/s1. The van der Waals surface area contributed by atoms with Gasteiger partial charge in [-0.05, 0) is 65.0 Å². The van der Waals surface area contributed by atoms with E-state index in [0.29, 0.717) is 31.7 Å². The molecule has 3 atom stereocenters. The lowest BCUT2D eigenvalue weighted by Crippen LogP contribution is -2.46. The van der Waals surface area contributed by atoms with E-state index in [-0.39, 0.29) is 29.1 Å². The SMILES string of the molecule is CC(=N)[C@H](C[C@@H]1CCNC1=O)NC(=O)[C@H](CC1CC1)n1cccc(NC(=O)OC(C)(C)C)c1=O. The van der Waals surface area contributed by atoms with Crippen LogP contribution in [0.4, 0.5) is 10.5 Å². The molecule has 3 amide bonds. The molecular weight excluding hydrogens is 438 g/mol. The van der Waals surface area contributed by atoms with Gasteiger partial charge in [-0.1, -0.05) is 12.8 Å². The van der Waals surface area contributed by atoms with Crippen molar-refractivity contribution in [3.63, 3.8) is 0 Å². The van der Waals surface area contributed by atoms with Crippen LogP contribution >= 0.6 is 0 Å². The molecule has 1 saturated carbocycles. The molecular formula is C24H35N5O5. The van der Waals surface area contributed by atoms with Crippen molar-refractivity contribution in [1.29, 1.82) is 5.41 Å². The largest absolute Gasteiger partial charge is 0.444 e. The normalized spacial score (nSPS) is 19.6. The van der Waals surface area contributed by atoms with Crippen molar-refractivity contribution >= 4 is 29.3 Å². The quantitative estimate of drug-likeness (QED) is 0.408. The van der Waals surface area contributed by atoms with Gasteiger partial charge in [-0.2, -0.15) is 0 Å². The first-order chi connectivity index (χ1) is 15.9. The van der Waals surface area contributed by atoms with Gasteiger partial charge in [0.2, 0.25) is 11.8 Å². The summed E-state index contributed by atoms with van der Waals surface area (Å²) in [4.78, 5) is 50.7. The van der Waals surface area contributed by atoms with Crippen molar-refractivity contribution in [2.24, 2.45) is 11.8 Å². The number of nitrogens with zero attached hydrogens (tertiary/aromatic N) is 1. The van der Waals surface area contributed by atoms with Crippen LogP contribution in [0.2, 0.25) is 0 Å². The molecule has 4 N–H and O–H groups in total. The molecule has 1 aliphatic heterocycles. The molecule has 186 valence electrons. The molecule has 34 heavy (non-hydrogen) atoms. The van der Waals surface area contributed by atoms with E-state index < -0.39 is 29.3 Å². The lowest BCUT2D eigenvalue weighted by Gasteiger charge is -2.25. The Morgan fingerprint density at radius 3 is 2.50 bits per heavy atom. The second kappa shape index (κ2) is 10.4. The monoisotopic (exact) mass is 473 g/mol. The summed E-state index contributed by atoms with van der Waals surface area (Å²) in [5, 5.41) is 16.3. The van der Waals surface area contributed by atoms with Crippen molar-refractivity contribution in [3.05, 3.63) is 28.7 Å². The number of anilines is 1. The second-order valence-corrected chi connectivity index (χ2v) is 10.2. The third-order valence-corrected chi connectivity index (χ3v) is 6.02. The predicted molar refractivity (Wildman–Crippen MR) is 128 cm³/mol. The summed E-state index contributed by atoms with van der Waals surface area (Å²) in [5.41, 5.74) is -0.951. The average Bonchev–Trinajstić information content (AvgIpc) is 3.46. The van der Waals surface area contributed by atoms with Crippen molar-refractivity contribution < 1.29 is 19.1 Å². The first kappa shape index (κ1) is 25.5. The predicted octanol–water partition coefficient (Wildman–Crippen LogP) is 2.59. The molecule has 1 aromatic rings. The lowest BCUT2D eigenvalue weighted by molar-refractivity contribution is -0.126. The first-order valence-corrected chi connectivity index (χ1v) is 11.8. The highest BCUT2D eigenvalue weighted by Gasteiger charge is 2.34. The Morgan fingerprint density at radius 2 is 1.94 bits per heavy atom. The zero-order valence-electron chi connectivity index (χ0n) is 20.3. The third kappa shape index (κ3) is 6.91. The number of aromatic nitrogens is 1. The first-order valence-electron chi connectivity index (χ1n) is 11.8. The van der Waals surface area contributed by atoms with Gasteiger partial charge in [0.25, 0.3) is 5.56 Å².